The molecular formula is C29H29NO5. The van der Waals surface area contributed by atoms with Crippen LogP contribution in [0.15, 0.2) is 78.4 Å². The number of hydrogen-bond donors (Lipinski definition) is 1. The summed E-state index contributed by atoms with van der Waals surface area (Å²) in [4.78, 5) is 28.2. The normalized spacial score (nSPS) is 17.2. The van der Waals surface area contributed by atoms with Gasteiger partial charge in [-0.1, -0.05) is 56.3 Å². The van der Waals surface area contributed by atoms with Crippen LogP contribution >= 0.6 is 0 Å². The molecule has 0 spiro atoms. The van der Waals surface area contributed by atoms with Gasteiger partial charge in [-0.25, -0.2) is 0 Å². The average molecular weight is 472 g/mol. The van der Waals surface area contributed by atoms with Crippen LogP contribution in [-0.2, 0) is 9.59 Å². The molecule has 1 aliphatic rings. The Bertz CT molecular complexity index is 1290. The van der Waals surface area contributed by atoms with E-state index in [9.17, 15) is 14.7 Å². The van der Waals surface area contributed by atoms with Gasteiger partial charge in [-0.3, -0.25) is 14.5 Å². The molecule has 1 unspecified atom stereocenters. The summed E-state index contributed by atoms with van der Waals surface area (Å²) in [7, 11) is 1.53. The summed E-state index contributed by atoms with van der Waals surface area (Å²) in [5, 5.41) is 11.4. The third-order valence-electron chi connectivity index (χ3n) is 5.85. The maximum Gasteiger partial charge on any atom is 0.300 e. The fourth-order valence-corrected chi connectivity index (χ4v) is 4.21. The van der Waals surface area contributed by atoms with Crippen molar-refractivity contribution in [3.63, 3.8) is 0 Å². The number of aliphatic hydroxyl groups excluding tert-OH is 1. The number of ketones is 1. The third kappa shape index (κ3) is 4.78. The molecule has 180 valence electrons. The molecule has 0 radical (unpaired) electrons. The molecule has 3 aromatic carbocycles. The van der Waals surface area contributed by atoms with Gasteiger partial charge >= 0.3 is 0 Å². The second-order valence-corrected chi connectivity index (χ2v) is 8.98. The molecule has 0 aromatic heterocycles. The van der Waals surface area contributed by atoms with Crippen molar-refractivity contribution in [2.45, 2.75) is 26.8 Å². The number of carbonyl (C=O) groups is 2. The van der Waals surface area contributed by atoms with Crippen LogP contribution in [0.5, 0.6) is 11.5 Å². The summed E-state index contributed by atoms with van der Waals surface area (Å²) in [5.41, 5.74) is 2.51. The Hall–Kier alpha value is -4.06. The molecule has 0 bridgehead atoms. The molecule has 1 saturated heterocycles. The SMILES string of the molecule is COc1ccccc1C1/C(=C(\O)c2cccc(OCC(C)C)c2)C(=O)C(=O)N1c1cccc(C)c1. The van der Waals surface area contributed by atoms with E-state index in [1.165, 1.54) is 12.0 Å². The molecule has 4 rings (SSSR count). The van der Waals surface area contributed by atoms with Crippen molar-refractivity contribution in [2.24, 2.45) is 5.92 Å². The van der Waals surface area contributed by atoms with Gasteiger partial charge in [0.25, 0.3) is 11.7 Å². The van der Waals surface area contributed by atoms with Gasteiger partial charge in [0.15, 0.2) is 0 Å². The van der Waals surface area contributed by atoms with Crippen molar-refractivity contribution < 1.29 is 24.2 Å². The van der Waals surface area contributed by atoms with Crippen LogP contribution in [0.25, 0.3) is 5.76 Å². The minimum atomic E-state index is -0.867. The number of hydrogen-bond acceptors (Lipinski definition) is 5. The maximum absolute atomic E-state index is 13.4. The standard InChI is InChI=1S/C29H29NO5/c1-18(2)17-35-22-12-8-10-20(16-22)27(31)25-26(23-13-5-6-14-24(23)34-4)30(29(33)28(25)32)21-11-7-9-19(3)15-21/h5-16,18,26,31H,17H2,1-4H3/b27-25+. The van der Waals surface area contributed by atoms with Crippen LogP contribution in [0.3, 0.4) is 0 Å². The fourth-order valence-electron chi connectivity index (χ4n) is 4.21. The maximum atomic E-state index is 13.4. The number of aliphatic hydroxyl groups is 1. The molecule has 1 fully saturated rings. The van der Waals surface area contributed by atoms with Crippen LogP contribution in [-0.4, -0.2) is 30.5 Å². The van der Waals surface area contributed by atoms with Gasteiger partial charge < -0.3 is 14.6 Å². The van der Waals surface area contributed by atoms with Gasteiger partial charge in [-0.05, 0) is 48.7 Å². The lowest BCUT2D eigenvalue weighted by molar-refractivity contribution is -0.132. The number of amides is 1. The van der Waals surface area contributed by atoms with Gasteiger partial charge in [0.2, 0.25) is 0 Å². The van der Waals surface area contributed by atoms with E-state index in [0.717, 1.165) is 5.56 Å². The summed E-state index contributed by atoms with van der Waals surface area (Å²) in [6, 6.07) is 20.6. The minimum absolute atomic E-state index is 0.00187. The van der Waals surface area contributed by atoms with E-state index in [1.54, 1.807) is 42.5 Å². The second-order valence-electron chi connectivity index (χ2n) is 8.98. The number of Topliss-reactive ketones (excluding diaryl/α,β-unsaturated/α-hetero) is 1. The van der Waals surface area contributed by atoms with Crippen LogP contribution in [0.1, 0.15) is 36.6 Å². The zero-order valence-electron chi connectivity index (χ0n) is 20.3. The van der Waals surface area contributed by atoms with Crippen molar-refractivity contribution >= 4 is 23.1 Å². The molecule has 1 heterocycles. The first-order valence-corrected chi connectivity index (χ1v) is 11.6. The van der Waals surface area contributed by atoms with E-state index in [0.29, 0.717) is 40.8 Å². The number of nitrogens with zero attached hydrogens (tertiary/aromatic N) is 1. The van der Waals surface area contributed by atoms with Crippen molar-refractivity contribution in [1.82, 2.24) is 0 Å². The van der Waals surface area contributed by atoms with Gasteiger partial charge in [-0.2, -0.15) is 0 Å². The summed E-state index contributed by atoms with van der Waals surface area (Å²) in [6.07, 6.45) is 0. The number of methoxy groups -OCH3 is 1. The highest BCUT2D eigenvalue weighted by Crippen LogP contribution is 2.45. The van der Waals surface area contributed by atoms with Gasteiger partial charge in [0.1, 0.15) is 17.3 Å². The quantitative estimate of drug-likeness (QED) is 0.273. The molecule has 1 N–H and O–H groups in total. The lowest BCUT2D eigenvalue weighted by Gasteiger charge is -2.27. The molecular weight excluding hydrogens is 442 g/mol. The first-order chi connectivity index (χ1) is 16.8. The van der Waals surface area contributed by atoms with E-state index in [1.807, 2.05) is 51.1 Å². The Morgan fingerprint density at radius 2 is 1.74 bits per heavy atom. The highest BCUT2D eigenvalue weighted by atomic mass is 16.5. The summed E-state index contributed by atoms with van der Waals surface area (Å²) >= 11 is 0. The fraction of sp³-hybridized carbons (Fsp3) is 0.241. The molecule has 6 heteroatoms. The van der Waals surface area contributed by atoms with Gasteiger partial charge in [-0.15, -0.1) is 0 Å². The predicted molar refractivity (Wildman–Crippen MR) is 136 cm³/mol. The Labute approximate surface area is 205 Å². The van der Waals surface area contributed by atoms with Crippen LogP contribution < -0.4 is 14.4 Å². The minimum Gasteiger partial charge on any atom is -0.507 e. The molecule has 1 atom stereocenters. The lowest BCUT2D eigenvalue weighted by atomic mass is 9.94. The summed E-state index contributed by atoms with van der Waals surface area (Å²) in [5.74, 6) is -0.308. The molecule has 3 aromatic rings. The number of aryl methyl sites for hydroxylation is 1. The van der Waals surface area contributed by atoms with Gasteiger partial charge in [0.05, 0.1) is 25.3 Å². The zero-order chi connectivity index (χ0) is 25.1. The number of benzene rings is 3. The Balaban J connectivity index is 1.91. The highest BCUT2D eigenvalue weighted by molar-refractivity contribution is 6.51. The first kappa shape index (κ1) is 24.1. The predicted octanol–water partition coefficient (Wildman–Crippen LogP) is 5.66. The van der Waals surface area contributed by atoms with E-state index in [-0.39, 0.29) is 11.3 Å². The topological polar surface area (TPSA) is 76.1 Å². The lowest BCUT2D eigenvalue weighted by Crippen LogP contribution is -2.29. The number of ether oxygens (including phenoxy) is 2. The van der Waals surface area contributed by atoms with Gasteiger partial charge in [0, 0.05) is 16.8 Å². The van der Waals surface area contributed by atoms with Crippen LogP contribution in [0.2, 0.25) is 0 Å². The Kier molecular flexibility index (Phi) is 6.92. The zero-order valence-corrected chi connectivity index (χ0v) is 20.3. The molecule has 1 aliphatic heterocycles. The monoisotopic (exact) mass is 471 g/mol. The third-order valence-corrected chi connectivity index (χ3v) is 5.85. The Morgan fingerprint density at radius 1 is 1.00 bits per heavy atom. The summed E-state index contributed by atoms with van der Waals surface area (Å²) in [6.45, 7) is 6.53. The smallest absolute Gasteiger partial charge is 0.300 e. The van der Waals surface area contributed by atoms with E-state index < -0.39 is 17.7 Å². The molecule has 1 amide bonds. The molecule has 35 heavy (non-hydrogen) atoms. The van der Waals surface area contributed by atoms with Crippen molar-refractivity contribution in [2.75, 3.05) is 18.6 Å². The number of anilines is 1. The average Bonchev–Trinajstić information content (AvgIpc) is 3.12. The number of rotatable bonds is 7. The second kappa shape index (κ2) is 10.1. The Morgan fingerprint density at radius 3 is 2.46 bits per heavy atom. The van der Waals surface area contributed by atoms with Crippen molar-refractivity contribution in [1.29, 1.82) is 0 Å². The van der Waals surface area contributed by atoms with E-state index in [4.69, 9.17) is 9.47 Å². The van der Waals surface area contributed by atoms with E-state index >= 15 is 0 Å². The van der Waals surface area contributed by atoms with Crippen molar-refractivity contribution in [3.8, 4) is 11.5 Å². The number of carbonyl (C=O) groups excluding carboxylic acids is 2. The molecule has 0 aliphatic carbocycles. The van der Waals surface area contributed by atoms with Crippen LogP contribution in [0.4, 0.5) is 5.69 Å². The number of para-hydroxylation sites is 1. The highest BCUT2D eigenvalue weighted by Gasteiger charge is 2.47. The largest absolute Gasteiger partial charge is 0.507 e. The van der Waals surface area contributed by atoms with E-state index in [2.05, 4.69) is 0 Å². The first-order valence-electron chi connectivity index (χ1n) is 11.6. The van der Waals surface area contributed by atoms with Crippen LogP contribution in [0, 0.1) is 12.8 Å². The summed E-state index contributed by atoms with van der Waals surface area (Å²) < 4.78 is 11.4. The van der Waals surface area contributed by atoms with Crippen molar-refractivity contribution in [3.05, 3.63) is 95.1 Å². The molecule has 6 nitrogen and oxygen atoms in total. The molecule has 0 saturated carbocycles.